The van der Waals surface area contributed by atoms with Crippen LogP contribution in [0.5, 0.6) is 23.0 Å². The van der Waals surface area contributed by atoms with E-state index in [9.17, 15) is 14.4 Å². The van der Waals surface area contributed by atoms with Crippen LogP contribution in [0.1, 0.15) is 54.1 Å². The highest BCUT2D eigenvalue weighted by atomic mass is 16.5. The molecule has 2 N–H and O–H groups in total. The molecular formula is C33H40N4O8. The van der Waals surface area contributed by atoms with Gasteiger partial charge in [0.05, 0.1) is 20.3 Å². The van der Waals surface area contributed by atoms with Gasteiger partial charge in [0.15, 0.2) is 23.8 Å². The lowest BCUT2D eigenvalue weighted by Gasteiger charge is -2.38. The van der Waals surface area contributed by atoms with Crippen LogP contribution in [-0.2, 0) is 29.0 Å². The molecular weight excluding hydrogens is 580 g/mol. The molecule has 2 atom stereocenters. The van der Waals surface area contributed by atoms with Gasteiger partial charge in [-0.25, -0.2) is 0 Å². The normalized spacial score (nSPS) is 19.2. The van der Waals surface area contributed by atoms with Crippen LogP contribution in [0.15, 0.2) is 47.0 Å². The largest absolute Gasteiger partial charge is 0.496 e. The zero-order valence-corrected chi connectivity index (χ0v) is 26.1. The zero-order valence-electron chi connectivity index (χ0n) is 26.1. The molecule has 1 fully saturated rings. The van der Waals surface area contributed by atoms with E-state index in [2.05, 4.69) is 29.6 Å². The summed E-state index contributed by atoms with van der Waals surface area (Å²) in [7, 11) is 3.08. The Balaban J connectivity index is 1.40. The van der Waals surface area contributed by atoms with Crippen molar-refractivity contribution in [1.82, 2.24) is 20.7 Å². The van der Waals surface area contributed by atoms with Crippen LogP contribution in [0.3, 0.4) is 0 Å². The number of aryl methyl sites for hydroxylation is 1. The van der Waals surface area contributed by atoms with Gasteiger partial charge in [-0.2, -0.15) is 0 Å². The van der Waals surface area contributed by atoms with E-state index in [1.807, 2.05) is 12.1 Å². The Hall–Kier alpha value is -4.74. The Bertz CT molecular complexity index is 1520. The van der Waals surface area contributed by atoms with Crippen molar-refractivity contribution in [3.05, 3.63) is 65.0 Å². The monoisotopic (exact) mass is 620 g/mol. The third-order valence-electron chi connectivity index (χ3n) is 7.82. The lowest BCUT2D eigenvalue weighted by molar-refractivity contribution is -0.125. The zero-order chi connectivity index (χ0) is 31.9. The van der Waals surface area contributed by atoms with Gasteiger partial charge in [-0.1, -0.05) is 25.1 Å². The summed E-state index contributed by atoms with van der Waals surface area (Å²) in [6, 6.07) is 11.9. The van der Waals surface area contributed by atoms with E-state index in [0.717, 1.165) is 11.1 Å². The molecule has 240 valence electrons. The summed E-state index contributed by atoms with van der Waals surface area (Å²) in [5.74, 6) is 2.20. The maximum Gasteiger partial charge on any atom is 0.276 e. The van der Waals surface area contributed by atoms with Crippen molar-refractivity contribution >= 4 is 17.7 Å². The second-order valence-corrected chi connectivity index (χ2v) is 11.7. The van der Waals surface area contributed by atoms with Crippen molar-refractivity contribution in [1.29, 1.82) is 0 Å². The number of fused-ring (bicyclic) bond motifs is 9. The molecule has 6 rings (SSSR count). The van der Waals surface area contributed by atoms with Gasteiger partial charge in [0, 0.05) is 56.6 Å². The quantitative estimate of drug-likeness (QED) is 0.440. The number of nitrogens with one attached hydrogen (secondary N) is 2. The van der Waals surface area contributed by atoms with Crippen LogP contribution in [0, 0.1) is 5.92 Å². The van der Waals surface area contributed by atoms with E-state index in [1.165, 1.54) is 7.11 Å². The number of rotatable bonds is 5. The van der Waals surface area contributed by atoms with Crippen molar-refractivity contribution in [3.63, 3.8) is 0 Å². The number of carbonyl (C=O) groups excluding carboxylic acids is 3. The lowest BCUT2D eigenvalue weighted by atomic mass is 10.0. The second kappa shape index (κ2) is 14.4. The fourth-order valence-corrected chi connectivity index (χ4v) is 5.51. The average molecular weight is 621 g/mol. The summed E-state index contributed by atoms with van der Waals surface area (Å²) in [5.41, 5.74) is 1.89. The molecule has 45 heavy (non-hydrogen) atoms. The number of benzene rings is 2. The smallest absolute Gasteiger partial charge is 0.276 e. The minimum absolute atomic E-state index is 0.112. The lowest BCUT2D eigenvalue weighted by Crippen LogP contribution is -2.58. The van der Waals surface area contributed by atoms with Crippen molar-refractivity contribution in [2.45, 2.75) is 58.2 Å². The number of likely N-dealkylation sites (tertiary alicyclic amines) is 1. The van der Waals surface area contributed by atoms with Gasteiger partial charge in [-0.15, -0.1) is 0 Å². The minimum Gasteiger partial charge on any atom is -0.496 e. The van der Waals surface area contributed by atoms with Crippen LogP contribution in [0.25, 0.3) is 0 Å². The van der Waals surface area contributed by atoms with E-state index >= 15 is 0 Å². The Kier molecular flexibility index (Phi) is 10.1. The molecule has 3 amide bonds. The molecule has 0 unspecified atom stereocenters. The minimum atomic E-state index is -0.555. The predicted molar refractivity (Wildman–Crippen MR) is 164 cm³/mol. The number of aromatic nitrogens is 1. The Morgan fingerprint density at radius 3 is 2.64 bits per heavy atom. The van der Waals surface area contributed by atoms with Crippen LogP contribution in [-0.4, -0.2) is 73.8 Å². The van der Waals surface area contributed by atoms with E-state index in [1.54, 1.807) is 42.3 Å². The number of methoxy groups -OCH3 is 2. The second-order valence-electron chi connectivity index (χ2n) is 11.7. The SMILES string of the molecule is COc1cc2ccc1CNC(=O)CCc1ccc(OC)c(c1)OCC(=O)N[C@@H]1CN(C(=O)c3cc(CC(C)C)on3)CC[C@@H]1O2. The maximum absolute atomic E-state index is 13.4. The third-order valence-corrected chi connectivity index (χ3v) is 7.82. The fourth-order valence-electron chi connectivity index (χ4n) is 5.51. The number of piperidine rings is 1. The molecule has 0 spiro atoms. The van der Waals surface area contributed by atoms with Gasteiger partial charge in [0.25, 0.3) is 11.8 Å². The van der Waals surface area contributed by atoms with Gasteiger partial charge >= 0.3 is 0 Å². The van der Waals surface area contributed by atoms with E-state index in [4.69, 9.17) is 23.5 Å². The molecule has 12 heteroatoms. The highest BCUT2D eigenvalue weighted by Gasteiger charge is 2.35. The van der Waals surface area contributed by atoms with Gasteiger partial charge in [-0.3, -0.25) is 14.4 Å². The van der Waals surface area contributed by atoms with Crippen LogP contribution >= 0.6 is 0 Å². The van der Waals surface area contributed by atoms with Crippen LogP contribution in [0.2, 0.25) is 0 Å². The molecule has 12 nitrogen and oxygen atoms in total. The van der Waals surface area contributed by atoms with Crippen molar-refractivity contribution < 1.29 is 37.9 Å². The molecule has 4 bridgehead atoms. The molecule has 1 saturated heterocycles. The molecule has 0 aliphatic carbocycles. The van der Waals surface area contributed by atoms with Crippen molar-refractivity contribution in [3.8, 4) is 23.0 Å². The molecule has 1 aromatic heterocycles. The molecule has 0 saturated carbocycles. The first-order valence-electron chi connectivity index (χ1n) is 15.2. The Morgan fingerprint density at radius 2 is 1.87 bits per heavy atom. The van der Waals surface area contributed by atoms with Gasteiger partial charge in [-0.05, 0) is 42.2 Å². The number of amides is 3. The topological polar surface area (TPSA) is 141 Å². The van der Waals surface area contributed by atoms with E-state index in [-0.39, 0.29) is 43.0 Å². The Labute approximate surface area is 262 Å². The molecule has 3 aromatic rings. The number of ether oxygens (including phenoxy) is 4. The molecule has 2 aromatic carbocycles. The molecule has 0 radical (unpaired) electrons. The van der Waals surface area contributed by atoms with Crippen LogP contribution < -0.4 is 29.6 Å². The number of carbonyl (C=O) groups is 3. The first-order chi connectivity index (χ1) is 21.7. The fraction of sp³-hybridized carbons (Fsp3) is 0.455. The summed E-state index contributed by atoms with van der Waals surface area (Å²) in [6.45, 7) is 4.72. The van der Waals surface area contributed by atoms with Gasteiger partial charge < -0.3 is 39.0 Å². The first-order valence-corrected chi connectivity index (χ1v) is 15.2. The molecule has 3 aliphatic rings. The number of hydrogen-bond acceptors (Lipinski definition) is 9. The van der Waals surface area contributed by atoms with Gasteiger partial charge in [0.2, 0.25) is 5.91 Å². The average Bonchev–Trinajstić information content (AvgIpc) is 3.49. The molecule has 4 heterocycles. The van der Waals surface area contributed by atoms with E-state index in [0.29, 0.717) is 67.0 Å². The predicted octanol–water partition coefficient (Wildman–Crippen LogP) is 3.31. The molecule has 3 aliphatic heterocycles. The van der Waals surface area contributed by atoms with Crippen molar-refractivity contribution in [2.24, 2.45) is 5.92 Å². The Morgan fingerprint density at radius 1 is 1.04 bits per heavy atom. The third kappa shape index (κ3) is 8.05. The number of nitrogens with zero attached hydrogens (tertiary/aromatic N) is 2. The first kappa shape index (κ1) is 31.7. The summed E-state index contributed by atoms with van der Waals surface area (Å²) < 4.78 is 28.7. The summed E-state index contributed by atoms with van der Waals surface area (Å²) in [5, 5.41) is 9.97. The highest BCUT2D eigenvalue weighted by Crippen LogP contribution is 2.30. The van der Waals surface area contributed by atoms with E-state index < -0.39 is 12.1 Å². The number of hydrogen-bond donors (Lipinski definition) is 2. The van der Waals surface area contributed by atoms with Crippen LogP contribution in [0.4, 0.5) is 0 Å². The maximum atomic E-state index is 13.4. The summed E-state index contributed by atoms with van der Waals surface area (Å²) in [4.78, 5) is 40.9. The summed E-state index contributed by atoms with van der Waals surface area (Å²) >= 11 is 0. The van der Waals surface area contributed by atoms with Gasteiger partial charge in [0.1, 0.15) is 23.4 Å². The standard InChI is InChI=1S/C33H40N4O8/c1-20(2)13-24-15-25(36-45-24)33(40)37-12-11-27-26(18-37)35-32(39)19-43-30-14-21(5-9-28(30)41-3)6-10-31(38)34-17-22-7-8-23(44-27)16-29(22)42-4/h5,7-9,14-16,20,26-27H,6,10-13,17-19H2,1-4H3,(H,34,38)(H,35,39)/t26-,27+/m1/s1. The highest BCUT2D eigenvalue weighted by molar-refractivity contribution is 5.92. The summed E-state index contributed by atoms with van der Waals surface area (Å²) in [6.07, 6.45) is 1.41. The van der Waals surface area contributed by atoms with Crippen molar-refractivity contribution in [2.75, 3.05) is 33.9 Å².